The van der Waals surface area contributed by atoms with Crippen LogP contribution in [0.15, 0.2) is 28.7 Å². The maximum atomic E-state index is 5.06. The van der Waals surface area contributed by atoms with E-state index in [0.29, 0.717) is 11.9 Å². The van der Waals surface area contributed by atoms with Gasteiger partial charge in [0.2, 0.25) is 11.9 Å². The third-order valence-corrected chi connectivity index (χ3v) is 2.94. The molecule has 0 unspecified atom stereocenters. The maximum Gasteiger partial charge on any atom is 0.322 e. The van der Waals surface area contributed by atoms with Gasteiger partial charge in [-0.25, -0.2) is 0 Å². The van der Waals surface area contributed by atoms with Crippen molar-refractivity contribution >= 4 is 33.5 Å². The average Bonchev–Trinajstić information content (AvgIpc) is 2.41. The van der Waals surface area contributed by atoms with Crippen LogP contribution in [0.2, 0.25) is 0 Å². The molecule has 1 aromatic carbocycles. The zero-order valence-corrected chi connectivity index (χ0v) is 12.2. The minimum Gasteiger partial charge on any atom is -0.467 e. The Kier molecular flexibility index (Phi) is 4.51. The van der Waals surface area contributed by atoms with Gasteiger partial charge in [0.1, 0.15) is 0 Å². The number of nitrogens with zero attached hydrogens (tertiary/aromatic N) is 3. The number of benzene rings is 1. The van der Waals surface area contributed by atoms with Crippen molar-refractivity contribution in [2.24, 2.45) is 0 Å². The number of anilines is 3. The number of nitrogens with one attached hydrogen (secondary N) is 2. The van der Waals surface area contributed by atoms with E-state index in [1.54, 1.807) is 0 Å². The molecule has 6 nitrogen and oxygen atoms in total. The lowest BCUT2D eigenvalue weighted by molar-refractivity contribution is 0.379. The highest BCUT2D eigenvalue weighted by Crippen LogP contribution is 2.24. The molecule has 7 heteroatoms. The van der Waals surface area contributed by atoms with E-state index < -0.39 is 0 Å². The van der Waals surface area contributed by atoms with Gasteiger partial charge in [0.25, 0.3) is 0 Å². The summed E-state index contributed by atoms with van der Waals surface area (Å²) in [6.45, 7) is 2.69. The molecule has 0 fully saturated rings. The Labute approximate surface area is 119 Å². The summed E-state index contributed by atoms with van der Waals surface area (Å²) < 4.78 is 5.99. The van der Waals surface area contributed by atoms with E-state index in [2.05, 4.69) is 41.5 Å². The fourth-order valence-electron chi connectivity index (χ4n) is 1.42. The summed E-state index contributed by atoms with van der Waals surface area (Å²) in [5, 5.41) is 6.15. The molecule has 0 atom stereocenters. The third kappa shape index (κ3) is 3.54. The molecule has 19 heavy (non-hydrogen) atoms. The van der Waals surface area contributed by atoms with E-state index in [0.717, 1.165) is 16.7 Å². The highest BCUT2D eigenvalue weighted by atomic mass is 79.9. The smallest absolute Gasteiger partial charge is 0.322 e. The first-order valence-corrected chi connectivity index (χ1v) is 6.57. The monoisotopic (exact) mass is 323 g/mol. The Balaban J connectivity index is 2.29. The number of aromatic nitrogens is 3. The van der Waals surface area contributed by atoms with E-state index in [-0.39, 0.29) is 6.01 Å². The van der Waals surface area contributed by atoms with Gasteiger partial charge in [0.15, 0.2) is 0 Å². The number of para-hydroxylation sites is 1. The number of halogens is 1. The van der Waals surface area contributed by atoms with Gasteiger partial charge in [-0.05, 0) is 35.0 Å². The van der Waals surface area contributed by atoms with E-state index >= 15 is 0 Å². The Hall–Kier alpha value is -1.89. The van der Waals surface area contributed by atoms with Crippen molar-refractivity contribution < 1.29 is 4.74 Å². The van der Waals surface area contributed by atoms with E-state index in [1.165, 1.54) is 7.11 Å². The van der Waals surface area contributed by atoms with Crippen LogP contribution in [0.3, 0.4) is 0 Å². The highest BCUT2D eigenvalue weighted by Gasteiger charge is 2.07. The fraction of sp³-hybridized carbons (Fsp3) is 0.250. The van der Waals surface area contributed by atoms with Crippen LogP contribution < -0.4 is 15.4 Å². The van der Waals surface area contributed by atoms with E-state index in [1.807, 2.05) is 31.2 Å². The summed E-state index contributed by atoms with van der Waals surface area (Å²) in [7, 11) is 1.52. The summed E-state index contributed by atoms with van der Waals surface area (Å²) in [6.07, 6.45) is 0. The number of hydrogen-bond acceptors (Lipinski definition) is 6. The highest BCUT2D eigenvalue weighted by molar-refractivity contribution is 9.10. The van der Waals surface area contributed by atoms with Gasteiger partial charge in [-0.2, -0.15) is 15.0 Å². The van der Waals surface area contributed by atoms with Gasteiger partial charge in [0.05, 0.1) is 12.8 Å². The topological polar surface area (TPSA) is 72.0 Å². The molecule has 1 aromatic heterocycles. The second kappa shape index (κ2) is 6.33. The molecule has 0 aliphatic heterocycles. The van der Waals surface area contributed by atoms with E-state index in [9.17, 15) is 0 Å². The van der Waals surface area contributed by atoms with Crippen molar-refractivity contribution in [2.45, 2.75) is 6.92 Å². The number of hydrogen-bond donors (Lipinski definition) is 2. The molecule has 1 heterocycles. The molecule has 0 aliphatic carbocycles. The molecule has 0 radical (unpaired) electrons. The number of methoxy groups -OCH3 is 1. The zero-order chi connectivity index (χ0) is 13.7. The lowest BCUT2D eigenvalue weighted by Gasteiger charge is -2.09. The minimum atomic E-state index is 0.264. The second-order valence-electron chi connectivity index (χ2n) is 3.60. The molecular formula is C12H14BrN5O. The van der Waals surface area contributed by atoms with Crippen molar-refractivity contribution in [3.63, 3.8) is 0 Å². The Bertz CT molecular complexity index is 564. The summed E-state index contributed by atoms with van der Waals surface area (Å²) in [4.78, 5) is 12.5. The van der Waals surface area contributed by atoms with Gasteiger partial charge in [-0.3, -0.25) is 0 Å². The summed E-state index contributed by atoms with van der Waals surface area (Å²) in [6, 6.07) is 7.99. The normalized spacial score (nSPS) is 10.1. The Morgan fingerprint density at radius 3 is 2.58 bits per heavy atom. The van der Waals surface area contributed by atoms with Crippen LogP contribution >= 0.6 is 15.9 Å². The molecule has 0 saturated heterocycles. The first kappa shape index (κ1) is 13.5. The van der Waals surface area contributed by atoms with Crippen LogP contribution in [0.25, 0.3) is 0 Å². The first-order chi connectivity index (χ1) is 9.22. The van der Waals surface area contributed by atoms with Crippen LogP contribution in [0.5, 0.6) is 6.01 Å². The number of rotatable bonds is 5. The first-order valence-electron chi connectivity index (χ1n) is 5.78. The Morgan fingerprint density at radius 2 is 1.89 bits per heavy atom. The molecular weight excluding hydrogens is 310 g/mol. The molecule has 0 aliphatic rings. The molecule has 0 spiro atoms. The van der Waals surface area contributed by atoms with Crippen LogP contribution in [0.4, 0.5) is 17.6 Å². The van der Waals surface area contributed by atoms with Crippen molar-refractivity contribution in [2.75, 3.05) is 24.3 Å². The van der Waals surface area contributed by atoms with Crippen molar-refractivity contribution in [1.82, 2.24) is 15.0 Å². The van der Waals surface area contributed by atoms with Crippen LogP contribution in [0.1, 0.15) is 6.92 Å². The molecule has 2 rings (SSSR count). The SMILES string of the molecule is CCNc1nc(Nc2ccccc2Br)nc(OC)n1. The quantitative estimate of drug-likeness (QED) is 0.881. The van der Waals surface area contributed by atoms with Gasteiger partial charge < -0.3 is 15.4 Å². The molecule has 2 aromatic rings. The van der Waals surface area contributed by atoms with Gasteiger partial charge in [0, 0.05) is 11.0 Å². The van der Waals surface area contributed by atoms with Gasteiger partial charge in [-0.1, -0.05) is 12.1 Å². The predicted octanol–water partition coefficient (Wildman–Crippen LogP) is 2.82. The third-order valence-electron chi connectivity index (χ3n) is 2.25. The minimum absolute atomic E-state index is 0.264. The molecule has 0 saturated carbocycles. The summed E-state index contributed by atoms with van der Waals surface area (Å²) >= 11 is 3.46. The van der Waals surface area contributed by atoms with Gasteiger partial charge >= 0.3 is 6.01 Å². The largest absolute Gasteiger partial charge is 0.467 e. The lowest BCUT2D eigenvalue weighted by atomic mass is 10.3. The lowest BCUT2D eigenvalue weighted by Crippen LogP contribution is -2.08. The Morgan fingerprint density at radius 1 is 1.16 bits per heavy atom. The molecule has 0 bridgehead atoms. The molecule has 100 valence electrons. The fourth-order valence-corrected chi connectivity index (χ4v) is 1.81. The standard InChI is InChI=1S/C12H14BrN5O/c1-3-14-10-16-11(18-12(17-10)19-2)15-9-7-5-4-6-8(9)13/h4-7H,3H2,1-2H3,(H2,14,15,16,17,18). The number of ether oxygens (including phenoxy) is 1. The second-order valence-corrected chi connectivity index (χ2v) is 4.46. The van der Waals surface area contributed by atoms with E-state index in [4.69, 9.17) is 4.74 Å². The maximum absolute atomic E-state index is 5.06. The molecule has 2 N–H and O–H groups in total. The van der Waals surface area contributed by atoms with Crippen LogP contribution in [-0.4, -0.2) is 28.6 Å². The van der Waals surface area contributed by atoms with Gasteiger partial charge in [-0.15, -0.1) is 0 Å². The summed E-state index contributed by atoms with van der Waals surface area (Å²) in [5.41, 5.74) is 0.873. The molecule has 0 amide bonds. The predicted molar refractivity (Wildman–Crippen MR) is 78.0 cm³/mol. The van der Waals surface area contributed by atoms with Crippen molar-refractivity contribution in [3.05, 3.63) is 28.7 Å². The van der Waals surface area contributed by atoms with Crippen molar-refractivity contribution in [1.29, 1.82) is 0 Å². The van der Waals surface area contributed by atoms with Crippen LogP contribution in [-0.2, 0) is 0 Å². The average molecular weight is 324 g/mol. The van der Waals surface area contributed by atoms with Crippen LogP contribution in [0, 0.1) is 0 Å². The summed E-state index contributed by atoms with van der Waals surface area (Å²) in [5.74, 6) is 0.901. The van der Waals surface area contributed by atoms with Crippen molar-refractivity contribution in [3.8, 4) is 6.01 Å². The zero-order valence-electron chi connectivity index (χ0n) is 10.6.